The van der Waals surface area contributed by atoms with Gasteiger partial charge in [-0.15, -0.1) is 5.10 Å². The van der Waals surface area contributed by atoms with E-state index in [0.717, 1.165) is 0 Å². The SMILES string of the molecule is O=C(/C(=N\N=C/c1cc(Cl)cc(Cl)c1O)c1ccccc1)c1ccccc1. The fourth-order valence-electron chi connectivity index (χ4n) is 2.39. The summed E-state index contributed by atoms with van der Waals surface area (Å²) in [6.45, 7) is 0. The Morgan fingerprint density at radius 2 is 1.48 bits per heavy atom. The van der Waals surface area contributed by atoms with Gasteiger partial charge in [0.25, 0.3) is 0 Å². The number of phenolic OH excluding ortho intramolecular Hbond substituents is 1. The van der Waals surface area contributed by atoms with Gasteiger partial charge in [-0.1, -0.05) is 83.9 Å². The Morgan fingerprint density at radius 1 is 0.889 bits per heavy atom. The van der Waals surface area contributed by atoms with Gasteiger partial charge < -0.3 is 5.11 Å². The summed E-state index contributed by atoms with van der Waals surface area (Å²) in [5, 5.41) is 18.5. The van der Waals surface area contributed by atoms with Crippen LogP contribution in [0.25, 0.3) is 0 Å². The zero-order chi connectivity index (χ0) is 19.2. The summed E-state index contributed by atoms with van der Waals surface area (Å²) >= 11 is 11.8. The Morgan fingerprint density at radius 3 is 2.11 bits per heavy atom. The summed E-state index contributed by atoms with van der Waals surface area (Å²) in [6.07, 6.45) is 1.30. The second-order valence-electron chi connectivity index (χ2n) is 5.58. The van der Waals surface area contributed by atoms with E-state index in [1.54, 1.807) is 36.4 Å². The maximum atomic E-state index is 12.9. The molecule has 0 aromatic heterocycles. The number of carbonyl (C=O) groups excluding carboxylic acids is 1. The topological polar surface area (TPSA) is 62.0 Å². The molecule has 3 aromatic carbocycles. The Hall–Kier alpha value is -2.95. The first-order chi connectivity index (χ1) is 13.1. The predicted octanol–water partition coefficient (Wildman–Crippen LogP) is 5.41. The van der Waals surface area contributed by atoms with E-state index in [4.69, 9.17) is 23.2 Å². The highest BCUT2D eigenvalue weighted by Crippen LogP contribution is 2.30. The normalized spacial score (nSPS) is 11.7. The molecule has 1 N–H and O–H groups in total. The van der Waals surface area contributed by atoms with E-state index >= 15 is 0 Å². The number of phenols is 1. The number of ketones is 1. The van der Waals surface area contributed by atoms with Gasteiger partial charge in [0, 0.05) is 21.7 Å². The molecule has 0 amide bonds. The number of nitrogens with zero attached hydrogens (tertiary/aromatic N) is 2. The number of halogens is 2. The summed E-state index contributed by atoms with van der Waals surface area (Å²) in [6, 6.07) is 20.8. The van der Waals surface area contributed by atoms with E-state index < -0.39 is 0 Å². The minimum Gasteiger partial charge on any atom is -0.506 e. The van der Waals surface area contributed by atoms with Crippen molar-refractivity contribution < 1.29 is 9.90 Å². The van der Waals surface area contributed by atoms with Gasteiger partial charge in [0.1, 0.15) is 11.5 Å². The van der Waals surface area contributed by atoms with Gasteiger partial charge in [-0.25, -0.2) is 0 Å². The van der Waals surface area contributed by atoms with E-state index in [1.165, 1.54) is 18.3 Å². The molecule has 0 aliphatic rings. The van der Waals surface area contributed by atoms with Crippen LogP contribution in [0, 0.1) is 0 Å². The molecule has 0 spiro atoms. The molecule has 0 saturated carbocycles. The molecule has 0 saturated heterocycles. The van der Waals surface area contributed by atoms with Crippen molar-refractivity contribution in [2.24, 2.45) is 10.2 Å². The van der Waals surface area contributed by atoms with Crippen LogP contribution >= 0.6 is 23.2 Å². The lowest BCUT2D eigenvalue weighted by Gasteiger charge is -2.05. The third-order valence-electron chi connectivity index (χ3n) is 3.71. The number of aromatic hydroxyl groups is 1. The van der Waals surface area contributed by atoms with Gasteiger partial charge in [-0.3, -0.25) is 4.79 Å². The van der Waals surface area contributed by atoms with E-state index in [-0.39, 0.29) is 22.3 Å². The molecule has 0 radical (unpaired) electrons. The minimum absolute atomic E-state index is 0.108. The van der Waals surface area contributed by atoms with Crippen LogP contribution in [-0.4, -0.2) is 22.8 Å². The molecule has 4 nitrogen and oxygen atoms in total. The van der Waals surface area contributed by atoms with Gasteiger partial charge in [0.15, 0.2) is 0 Å². The van der Waals surface area contributed by atoms with Crippen LogP contribution in [0.5, 0.6) is 5.75 Å². The minimum atomic E-state index is -0.257. The lowest BCUT2D eigenvalue weighted by Crippen LogP contribution is -2.15. The Kier molecular flexibility index (Phi) is 6.01. The summed E-state index contributed by atoms with van der Waals surface area (Å²) < 4.78 is 0. The average Bonchev–Trinajstić information content (AvgIpc) is 2.69. The first-order valence-electron chi connectivity index (χ1n) is 8.00. The fraction of sp³-hybridized carbons (Fsp3) is 0. The number of Topliss-reactive ketones (excluding diaryl/α,β-unsaturated/α-hetero) is 1. The van der Waals surface area contributed by atoms with E-state index in [2.05, 4.69) is 10.2 Å². The molecule has 0 bridgehead atoms. The Bertz CT molecular complexity index is 1020. The summed E-state index contributed by atoms with van der Waals surface area (Å²) in [5.41, 5.74) is 1.63. The highest BCUT2D eigenvalue weighted by molar-refractivity contribution is 6.51. The van der Waals surface area contributed by atoms with E-state index in [0.29, 0.717) is 21.7 Å². The first kappa shape index (κ1) is 18.8. The van der Waals surface area contributed by atoms with Crippen LogP contribution in [0.15, 0.2) is 83.0 Å². The van der Waals surface area contributed by atoms with Gasteiger partial charge in [0.2, 0.25) is 5.78 Å². The standard InChI is InChI=1S/C21H14Cl2N2O2/c22-17-11-16(20(26)18(23)12-17)13-24-25-19(14-7-3-1-4-8-14)21(27)15-9-5-2-6-10-15/h1-13,26H/b24-13-,25-19-. The second-order valence-corrected chi connectivity index (χ2v) is 6.42. The summed E-state index contributed by atoms with van der Waals surface area (Å²) in [5.74, 6) is -0.414. The number of benzene rings is 3. The maximum absolute atomic E-state index is 12.9. The lowest BCUT2D eigenvalue weighted by atomic mass is 10.0. The van der Waals surface area contributed by atoms with Gasteiger partial charge >= 0.3 is 0 Å². The van der Waals surface area contributed by atoms with Crippen LogP contribution in [0.3, 0.4) is 0 Å². The molecule has 6 heteroatoms. The molecular formula is C21H14Cl2N2O2. The van der Waals surface area contributed by atoms with Crippen molar-refractivity contribution in [3.63, 3.8) is 0 Å². The smallest absolute Gasteiger partial charge is 0.213 e. The molecule has 27 heavy (non-hydrogen) atoms. The van der Waals surface area contributed by atoms with Crippen molar-refractivity contribution in [1.29, 1.82) is 0 Å². The van der Waals surface area contributed by atoms with E-state index in [9.17, 15) is 9.90 Å². The molecule has 3 aromatic rings. The molecule has 0 heterocycles. The van der Waals surface area contributed by atoms with Crippen LogP contribution in [0.4, 0.5) is 0 Å². The maximum Gasteiger partial charge on any atom is 0.213 e. The first-order valence-corrected chi connectivity index (χ1v) is 8.76. The van der Waals surface area contributed by atoms with Crippen molar-refractivity contribution in [1.82, 2.24) is 0 Å². The second kappa shape index (κ2) is 8.62. The van der Waals surface area contributed by atoms with Gasteiger partial charge in [-0.2, -0.15) is 5.10 Å². The van der Waals surface area contributed by atoms with Crippen molar-refractivity contribution >= 4 is 40.9 Å². The molecule has 0 fully saturated rings. The largest absolute Gasteiger partial charge is 0.506 e. The van der Waals surface area contributed by atoms with Gasteiger partial charge in [-0.05, 0) is 12.1 Å². The van der Waals surface area contributed by atoms with Crippen LogP contribution in [-0.2, 0) is 0 Å². The third kappa shape index (κ3) is 4.61. The van der Waals surface area contributed by atoms with Crippen LogP contribution in [0.1, 0.15) is 21.5 Å². The highest BCUT2D eigenvalue weighted by Gasteiger charge is 2.16. The van der Waals surface area contributed by atoms with Crippen LogP contribution < -0.4 is 0 Å². The molecule has 3 rings (SSSR count). The fourth-order valence-corrected chi connectivity index (χ4v) is 2.90. The lowest BCUT2D eigenvalue weighted by molar-refractivity contribution is 0.106. The number of hydrogen-bond acceptors (Lipinski definition) is 4. The molecule has 0 atom stereocenters. The quantitative estimate of drug-likeness (QED) is 0.356. The van der Waals surface area contributed by atoms with Crippen LogP contribution in [0.2, 0.25) is 10.0 Å². The molecule has 0 unspecified atom stereocenters. The molecule has 134 valence electrons. The Labute approximate surface area is 166 Å². The molecule has 0 aliphatic carbocycles. The van der Waals surface area contributed by atoms with Crippen molar-refractivity contribution in [2.45, 2.75) is 0 Å². The monoisotopic (exact) mass is 396 g/mol. The zero-order valence-corrected chi connectivity index (χ0v) is 15.5. The summed E-state index contributed by atoms with van der Waals surface area (Å²) in [7, 11) is 0. The zero-order valence-electron chi connectivity index (χ0n) is 14.0. The van der Waals surface area contributed by atoms with E-state index in [1.807, 2.05) is 24.3 Å². The number of rotatable bonds is 5. The highest BCUT2D eigenvalue weighted by atomic mass is 35.5. The average molecular weight is 397 g/mol. The van der Waals surface area contributed by atoms with Crippen molar-refractivity contribution in [3.05, 3.63) is 99.5 Å². The summed E-state index contributed by atoms with van der Waals surface area (Å²) in [4.78, 5) is 12.9. The predicted molar refractivity (Wildman–Crippen MR) is 109 cm³/mol. The van der Waals surface area contributed by atoms with Gasteiger partial charge in [0.05, 0.1) is 11.2 Å². The van der Waals surface area contributed by atoms with Crippen molar-refractivity contribution in [3.8, 4) is 5.75 Å². The number of hydrogen-bond donors (Lipinski definition) is 1. The molecular weight excluding hydrogens is 383 g/mol. The third-order valence-corrected chi connectivity index (χ3v) is 4.22. The Balaban J connectivity index is 2.00. The van der Waals surface area contributed by atoms with Crippen molar-refractivity contribution in [2.75, 3.05) is 0 Å². The number of carbonyl (C=O) groups is 1. The molecule has 0 aliphatic heterocycles.